The van der Waals surface area contributed by atoms with Crippen LogP contribution in [0.5, 0.6) is 0 Å². The first-order valence-electron chi connectivity index (χ1n) is 7.85. The zero-order valence-corrected chi connectivity index (χ0v) is 13.3. The summed E-state index contributed by atoms with van der Waals surface area (Å²) < 4.78 is 0. The molecule has 2 N–H and O–H groups in total. The summed E-state index contributed by atoms with van der Waals surface area (Å²) in [5.41, 5.74) is 8.41. The van der Waals surface area contributed by atoms with Crippen molar-refractivity contribution in [2.24, 2.45) is 5.92 Å². The van der Waals surface area contributed by atoms with Gasteiger partial charge in [-0.2, -0.15) is 0 Å². The van der Waals surface area contributed by atoms with E-state index in [0.717, 1.165) is 29.6 Å². The second kappa shape index (κ2) is 5.40. The Labute approximate surface area is 125 Å². The summed E-state index contributed by atoms with van der Waals surface area (Å²) in [6.07, 6.45) is 5.54. The Bertz CT molecular complexity index is 519. The Morgan fingerprint density at radius 1 is 1.35 bits per heavy atom. The molecule has 110 valence electrons. The highest BCUT2D eigenvalue weighted by Gasteiger charge is 2.35. The molecule has 1 aliphatic heterocycles. The molecule has 1 saturated carbocycles. The molecule has 2 fully saturated rings. The van der Waals surface area contributed by atoms with E-state index >= 15 is 0 Å². The predicted octanol–water partition coefficient (Wildman–Crippen LogP) is 4.04. The number of carbonyl (C=O) groups excluding carboxylic acids is 1. The first-order chi connectivity index (χ1) is 9.65. The summed E-state index contributed by atoms with van der Waals surface area (Å²) in [7, 11) is 0. The third-order valence-electron chi connectivity index (χ3n) is 4.67. The van der Waals surface area contributed by atoms with Crippen LogP contribution >= 0.6 is 11.3 Å². The van der Waals surface area contributed by atoms with Crippen molar-refractivity contribution >= 4 is 27.8 Å². The summed E-state index contributed by atoms with van der Waals surface area (Å²) in [5.74, 6) is 1.61. The maximum atomic E-state index is 12.1. The van der Waals surface area contributed by atoms with E-state index in [4.69, 9.17) is 5.73 Å². The van der Waals surface area contributed by atoms with Crippen LogP contribution in [0.3, 0.4) is 0 Å². The van der Waals surface area contributed by atoms with E-state index in [1.54, 1.807) is 11.3 Å². The summed E-state index contributed by atoms with van der Waals surface area (Å²) in [5, 5.41) is 1.30. The Kier molecular flexibility index (Phi) is 3.76. The maximum Gasteiger partial charge on any atom is 0.174 e. The molecule has 3 rings (SSSR count). The van der Waals surface area contributed by atoms with E-state index in [9.17, 15) is 4.79 Å². The van der Waals surface area contributed by atoms with Crippen molar-refractivity contribution in [2.75, 3.05) is 23.7 Å². The topological polar surface area (TPSA) is 46.3 Å². The average molecular weight is 292 g/mol. The van der Waals surface area contributed by atoms with Gasteiger partial charge in [-0.3, -0.25) is 4.79 Å². The zero-order valence-electron chi connectivity index (χ0n) is 12.4. The molecule has 0 spiro atoms. The number of hydrogen-bond donors (Lipinski definition) is 1. The highest BCUT2D eigenvalue weighted by molar-refractivity contribution is 7.19. The minimum atomic E-state index is 0.201. The van der Waals surface area contributed by atoms with Crippen LogP contribution in [0.1, 0.15) is 67.1 Å². The molecule has 2 aliphatic rings. The summed E-state index contributed by atoms with van der Waals surface area (Å²) >= 11 is 1.65. The molecule has 1 aromatic heterocycles. The molecule has 0 bridgehead atoms. The number of hydrogen-bond acceptors (Lipinski definition) is 4. The largest absolute Gasteiger partial charge is 0.397 e. The zero-order chi connectivity index (χ0) is 14.3. The van der Waals surface area contributed by atoms with Crippen LogP contribution in [0.15, 0.2) is 0 Å². The van der Waals surface area contributed by atoms with Gasteiger partial charge in [-0.1, -0.05) is 20.3 Å². The standard InChI is InChI=1S/C16H24N2OS/c1-3-10-7-8-18(9-10)16-13(11-5-6-11)14(17)15(20-16)12(19)4-2/h10-11H,3-9,17H2,1-2H3. The van der Waals surface area contributed by atoms with Crippen molar-refractivity contribution in [3.63, 3.8) is 0 Å². The van der Waals surface area contributed by atoms with E-state index in [1.807, 2.05) is 6.92 Å². The second-order valence-corrected chi connectivity index (χ2v) is 7.12. The number of nitrogens with two attached hydrogens (primary N) is 1. The van der Waals surface area contributed by atoms with Gasteiger partial charge in [-0.05, 0) is 31.1 Å². The SMILES string of the molecule is CCC(=O)c1sc(N2CCC(CC)C2)c(C2CC2)c1N. The molecule has 20 heavy (non-hydrogen) atoms. The van der Waals surface area contributed by atoms with Gasteiger partial charge in [-0.25, -0.2) is 0 Å². The monoisotopic (exact) mass is 292 g/mol. The highest BCUT2D eigenvalue weighted by Crippen LogP contribution is 2.52. The minimum Gasteiger partial charge on any atom is -0.397 e. The predicted molar refractivity (Wildman–Crippen MR) is 85.9 cm³/mol. The minimum absolute atomic E-state index is 0.201. The Morgan fingerprint density at radius 3 is 2.65 bits per heavy atom. The van der Waals surface area contributed by atoms with Crippen molar-refractivity contribution in [2.45, 2.75) is 51.9 Å². The highest BCUT2D eigenvalue weighted by atomic mass is 32.1. The molecule has 0 aromatic carbocycles. The van der Waals surface area contributed by atoms with E-state index < -0.39 is 0 Å². The van der Waals surface area contributed by atoms with Gasteiger partial charge in [0, 0.05) is 25.1 Å². The molecule has 1 saturated heterocycles. The molecule has 0 radical (unpaired) electrons. The van der Waals surface area contributed by atoms with Crippen molar-refractivity contribution in [3.05, 3.63) is 10.4 Å². The lowest BCUT2D eigenvalue weighted by molar-refractivity contribution is 0.0993. The molecule has 1 unspecified atom stereocenters. The van der Waals surface area contributed by atoms with Crippen LogP contribution in [-0.4, -0.2) is 18.9 Å². The lowest BCUT2D eigenvalue weighted by atomic mass is 10.1. The number of Topliss-reactive ketones (excluding diaryl/α,β-unsaturated/α-hetero) is 1. The van der Waals surface area contributed by atoms with Crippen molar-refractivity contribution in [1.29, 1.82) is 0 Å². The van der Waals surface area contributed by atoms with Gasteiger partial charge in [0.25, 0.3) is 0 Å². The summed E-state index contributed by atoms with van der Waals surface area (Å²) in [6.45, 7) is 6.44. The van der Waals surface area contributed by atoms with Gasteiger partial charge in [0.05, 0.1) is 15.6 Å². The van der Waals surface area contributed by atoms with E-state index in [1.165, 1.54) is 36.2 Å². The number of rotatable bonds is 5. The molecule has 1 atom stereocenters. The number of carbonyl (C=O) groups is 1. The smallest absolute Gasteiger partial charge is 0.174 e. The molecular formula is C16H24N2OS. The summed E-state index contributed by atoms with van der Waals surface area (Å²) in [6, 6.07) is 0. The van der Waals surface area contributed by atoms with Crippen LogP contribution in [0.25, 0.3) is 0 Å². The summed E-state index contributed by atoms with van der Waals surface area (Å²) in [4.78, 5) is 15.4. The fourth-order valence-electron chi connectivity index (χ4n) is 3.16. The van der Waals surface area contributed by atoms with Crippen LogP contribution in [0, 0.1) is 5.92 Å². The van der Waals surface area contributed by atoms with Crippen molar-refractivity contribution < 1.29 is 4.79 Å². The van der Waals surface area contributed by atoms with Crippen LogP contribution < -0.4 is 10.6 Å². The van der Waals surface area contributed by atoms with Crippen LogP contribution in [0.2, 0.25) is 0 Å². The van der Waals surface area contributed by atoms with Gasteiger partial charge in [0.1, 0.15) is 0 Å². The Balaban J connectivity index is 1.95. The van der Waals surface area contributed by atoms with E-state index in [2.05, 4.69) is 11.8 Å². The lowest BCUT2D eigenvalue weighted by Crippen LogP contribution is -2.19. The molecule has 1 aliphatic carbocycles. The number of thiophene rings is 1. The van der Waals surface area contributed by atoms with Crippen LogP contribution in [0.4, 0.5) is 10.7 Å². The van der Waals surface area contributed by atoms with Gasteiger partial charge in [-0.15, -0.1) is 11.3 Å². The maximum absolute atomic E-state index is 12.1. The van der Waals surface area contributed by atoms with Gasteiger partial charge in [0.15, 0.2) is 5.78 Å². The Hall–Kier alpha value is -1.03. The van der Waals surface area contributed by atoms with Crippen molar-refractivity contribution in [1.82, 2.24) is 0 Å². The molecule has 1 aromatic rings. The number of anilines is 2. The number of nitrogen functional groups attached to an aromatic ring is 1. The van der Waals surface area contributed by atoms with Gasteiger partial charge < -0.3 is 10.6 Å². The first kappa shape index (κ1) is 13.9. The van der Waals surface area contributed by atoms with Gasteiger partial charge in [0.2, 0.25) is 0 Å². The third-order valence-corrected chi connectivity index (χ3v) is 6.00. The van der Waals surface area contributed by atoms with Crippen LogP contribution in [-0.2, 0) is 0 Å². The normalized spacial score (nSPS) is 22.5. The number of nitrogens with zero attached hydrogens (tertiary/aromatic N) is 1. The van der Waals surface area contributed by atoms with E-state index in [-0.39, 0.29) is 5.78 Å². The van der Waals surface area contributed by atoms with Gasteiger partial charge >= 0.3 is 0 Å². The van der Waals surface area contributed by atoms with Crippen molar-refractivity contribution in [3.8, 4) is 0 Å². The second-order valence-electron chi connectivity index (χ2n) is 6.12. The average Bonchev–Trinajstić information content (AvgIpc) is 3.07. The molecular weight excluding hydrogens is 268 g/mol. The Morgan fingerprint density at radius 2 is 2.10 bits per heavy atom. The fourth-order valence-corrected chi connectivity index (χ4v) is 4.52. The first-order valence-corrected chi connectivity index (χ1v) is 8.67. The molecule has 3 nitrogen and oxygen atoms in total. The molecule has 4 heteroatoms. The number of ketones is 1. The molecule has 0 amide bonds. The quantitative estimate of drug-likeness (QED) is 0.833. The molecule has 2 heterocycles. The lowest BCUT2D eigenvalue weighted by Gasteiger charge is -2.18. The van der Waals surface area contributed by atoms with E-state index in [0.29, 0.717) is 12.3 Å². The third kappa shape index (κ3) is 2.34. The fraction of sp³-hybridized carbons (Fsp3) is 0.688.